The lowest BCUT2D eigenvalue weighted by atomic mass is 10.1. The van der Waals surface area contributed by atoms with Crippen molar-refractivity contribution in [2.75, 3.05) is 0 Å². The van der Waals surface area contributed by atoms with Crippen LogP contribution in [0, 0.1) is 6.92 Å². The Morgan fingerprint density at radius 2 is 2.18 bits per heavy atom. The van der Waals surface area contributed by atoms with E-state index in [9.17, 15) is 0 Å². The molecule has 0 spiro atoms. The molecule has 1 rings (SSSR count). The monoisotopic (exact) mass is 151 g/mol. The van der Waals surface area contributed by atoms with Gasteiger partial charge >= 0.3 is 0 Å². The largest absolute Gasteiger partial charge is 0.365 e. The number of nitrogens with one attached hydrogen (secondary N) is 1. The van der Waals surface area contributed by atoms with E-state index in [0.717, 1.165) is 0 Å². The highest BCUT2D eigenvalue weighted by molar-refractivity contribution is 5.18. The van der Waals surface area contributed by atoms with Crippen molar-refractivity contribution in [2.24, 2.45) is 0 Å². The van der Waals surface area contributed by atoms with Crippen molar-refractivity contribution in [3.63, 3.8) is 0 Å². The Kier molecular flexibility index (Phi) is 3.21. The van der Waals surface area contributed by atoms with Crippen molar-refractivity contribution in [1.29, 1.82) is 0 Å². The van der Waals surface area contributed by atoms with Gasteiger partial charge in [0.25, 0.3) is 0 Å². The first-order chi connectivity index (χ1) is 5.34. The molecule has 0 saturated carbocycles. The number of hydrogen-bond donors (Lipinski definition) is 1. The smallest absolute Gasteiger partial charge is 0.0148 e. The summed E-state index contributed by atoms with van der Waals surface area (Å²) >= 11 is 0. The van der Waals surface area contributed by atoms with E-state index in [4.69, 9.17) is 0 Å². The lowest BCUT2D eigenvalue weighted by Gasteiger charge is -1.97. The number of rotatable bonds is 4. The molecular weight excluding hydrogens is 134 g/mol. The number of hydrogen-bond acceptors (Lipinski definition) is 0. The Balaban J connectivity index is 2.32. The fraction of sp³-hybridized carbons (Fsp3) is 0.600. The van der Waals surface area contributed by atoms with Crippen LogP contribution >= 0.6 is 0 Å². The van der Waals surface area contributed by atoms with E-state index in [1.54, 1.807) is 0 Å². The Bertz CT molecular complexity index is 200. The summed E-state index contributed by atoms with van der Waals surface area (Å²) in [5.74, 6) is 0. The molecule has 0 aromatic carbocycles. The predicted octanol–water partition coefficient (Wildman–Crippen LogP) is 3.06. The summed E-state index contributed by atoms with van der Waals surface area (Å²) in [7, 11) is 0. The molecular formula is C10H17N. The summed E-state index contributed by atoms with van der Waals surface area (Å²) in [4.78, 5) is 3.20. The van der Waals surface area contributed by atoms with Gasteiger partial charge in [0.15, 0.2) is 0 Å². The van der Waals surface area contributed by atoms with E-state index in [1.165, 1.54) is 36.9 Å². The summed E-state index contributed by atoms with van der Waals surface area (Å²) in [6.07, 6.45) is 7.25. The van der Waals surface area contributed by atoms with Crippen LogP contribution in [0.5, 0.6) is 0 Å². The number of aryl methyl sites for hydroxylation is 2. The molecule has 1 heterocycles. The standard InChI is InChI=1S/C10H17N/c1-3-4-5-6-10-7-8-11-9(10)2/h7-8,11H,3-6H2,1-2H3. The Labute approximate surface area is 68.8 Å². The summed E-state index contributed by atoms with van der Waals surface area (Å²) < 4.78 is 0. The van der Waals surface area contributed by atoms with E-state index >= 15 is 0 Å². The molecule has 0 aliphatic heterocycles. The van der Waals surface area contributed by atoms with Gasteiger partial charge in [-0.25, -0.2) is 0 Å². The molecule has 0 amide bonds. The first kappa shape index (κ1) is 8.38. The Morgan fingerprint density at radius 1 is 1.36 bits per heavy atom. The van der Waals surface area contributed by atoms with Gasteiger partial charge in [-0.05, 0) is 31.4 Å². The van der Waals surface area contributed by atoms with Crippen LogP contribution in [0.25, 0.3) is 0 Å². The highest BCUT2D eigenvalue weighted by atomic mass is 14.7. The van der Waals surface area contributed by atoms with Crippen LogP contribution in [-0.2, 0) is 6.42 Å². The quantitative estimate of drug-likeness (QED) is 0.636. The second kappa shape index (κ2) is 4.22. The molecule has 1 nitrogen and oxygen atoms in total. The summed E-state index contributed by atoms with van der Waals surface area (Å²) in [6, 6.07) is 2.19. The van der Waals surface area contributed by atoms with Gasteiger partial charge in [-0.15, -0.1) is 0 Å². The summed E-state index contributed by atoms with van der Waals surface area (Å²) in [6.45, 7) is 4.38. The van der Waals surface area contributed by atoms with Gasteiger partial charge in [0.05, 0.1) is 0 Å². The third kappa shape index (κ3) is 2.41. The molecule has 62 valence electrons. The molecule has 0 atom stereocenters. The minimum atomic E-state index is 1.24. The minimum absolute atomic E-state index is 1.24. The zero-order valence-corrected chi connectivity index (χ0v) is 7.48. The molecule has 0 aliphatic carbocycles. The zero-order valence-electron chi connectivity index (χ0n) is 7.48. The summed E-state index contributed by atoms with van der Waals surface area (Å²) in [5.41, 5.74) is 2.82. The van der Waals surface area contributed by atoms with E-state index in [0.29, 0.717) is 0 Å². The highest BCUT2D eigenvalue weighted by Crippen LogP contribution is 2.09. The average molecular weight is 151 g/mol. The number of unbranched alkanes of at least 4 members (excludes halogenated alkanes) is 2. The van der Waals surface area contributed by atoms with Gasteiger partial charge in [0.2, 0.25) is 0 Å². The second-order valence-corrected chi connectivity index (χ2v) is 3.09. The number of H-pyrrole nitrogens is 1. The van der Waals surface area contributed by atoms with Gasteiger partial charge in [-0.2, -0.15) is 0 Å². The van der Waals surface area contributed by atoms with Gasteiger partial charge in [0, 0.05) is 11.9 Å². The molecule has 1 aromatic rings. The number of aromatic amines is 1. The summed E-state index contributed by atoms with van der Waals surface area (Å²) in [5, 5.41) is 0. The molecule has 0 radical (unpaired) electrons. The highest BCUT2D eigenvalue weighted by Gasteiger charge is 1.96. The maximum Gasteiger partial charge on any atom is 0.0148 e. The van der Waals surface area contributed by atoms with Crippen LogP contribution in [-0.4, -0.2) is 4.98 Å². The maximum atomic E-state index is 3.20. The molecule has 1 N–H and O–H groups in total. The van der Waals surface area contributed by atoms with Gasteiger partial charge < -0.3 is 4.98 Å². The number of aromatic nitrogens is 1. The van der Waals surface area contributed by atoms with E-state index < -0.39 is 0 Å². The Morgan fingerprint density at radius 3 is 2.73 bits per heavy atom. The van der Waals surface area contributed by atoms with Crippen molar-refractivity contribution < 1.29 is 0 Å². The first-order valence-corrected chi connectivity index (χ1v) is 4.47. The van der Waals surface area contributed by atoms with Crippen LogP contribution in [0.1, 0.15) is 37.4 Å². The first-order valence-electron chi connectivity index (χ1n) is 4.47. The molecule has 0 unspecified atom stereocenters. The van der Waals surface area contributed by atoms with Crippen molar-refractivity contribution >= 4 is 0 Å². The second-order valence-electron chi connectivity index (χ2n) is 3.09. The van der Waals surface area contributed by atoms with E-state index in [1.807, 2.05) is 6.20 Å². The van der Waals surface area contributed by atoms with E-state index in [-0.39, 0.29) is 0 Å². The van der Waals surface area contributed by atoms with Crippen LogP contribution in [0.15, 0.2) is 12.3 Å². The minimum Gasteiger partial charge on any atom is -0.365 e. The third-order valence-corrected chi connectivity index (χ3v) is 2.12. The molecule has 1 heteroatoms. The molecule has 1 aromatic heterocycles. The lowest BCUT2D eigenvalue weighted by molar-refractivity contribution is 0.715. The van der Waals surface area contributed by atoms with Gasteiger partial charge in [0.1, 0.15) is 0 Å². The predicted molar refractivity (Wildman–Crippen MR) is 48.8 cm³/mol. The lowest BCUT2D eigenvalue weighted by Crippen LogP contribution is -1.85. The molecule has 0 fully saturated rings. The molecule has 0 saturated heterocycles. The third-order valence-electron chi connectivity index (χ3n) is 2.12. The van der Waals surface area contributed by atoms with Gasteiger partial charge in [-0.3, -0.25) is 0 Å². The van der Waals surface area contributed by atoms with Crippen LogP contribution < -0.4 is 0 Å². The normalized spacial score (nSPS) is 10.4. The Hall–Kier alpha value is -0.720. The molecule has 11 heavy (non-hydrogen) atoms. The average Bonchev–Trinajstić information content (AvgIpc) is 2.37. The van der Waals surface area contributed by atoms with Crippen LogP contribution in [0.3, 0.4) is 0 Å². The van der Waals surface area contributed by atoms with Crippen molar-refractivity contribution in [2.45, 2.75) is 39.5 Å². The maximum absolute atomic E-state index is 3.20. The van der Waals surface area contributed by atoms with Crippen molar-refractivity contribution in [1.82, 2.24) is 4.98 Å². The zero-order chi connectivity index (χ0) is 8.10. The van der Waals surface area contributed by atoms with Crippen LogP contribution in [0.4, 0.5) is 0 Å². The van der Waals surface area contributed by atoms with Crippen molar-refractivity contribution in [3.05, 3.63) is 23.5 Å². The van der Waals surface area contributed by atoms with Crippen LogP contribution in [0.2, 0.25) is 0 Å². The molecule has 0 bridgehead atoms. The van der Waals surface area contributed by atoms with Gasteiger partial charge in [-0.1, -0.05) is 19.8 Å². The fourth-order valence-corrected chi connectivity index (χ4v) is 1.32. The topological polar surface area (TPSA) is 15.8 Å². The van der Waals surface area contributed by atoms with E-state index in [2.05, 4.69) is 24.9 Å². The molecule has 0 aliphatic rings. The van der Waals surface area contributed by atoms with Crippen molar-refractivity contribution in [3.8, 4) is 0 Å². The SMILES string of the molecule is CCCCCc1cc[nH]c1C. The fourth-order valence-electron chi connectivity index (χ4n) is 1.32.